The molecule has 3 aromatic rings. The molecule has 0 amide bonds. The first-order valence-electron chi connectivity index (χ1n) is 15.1. The molecular weight excluding hydrogens is 664 g/mol. The second-order valence-electron chi connectivity index (χ2n) is 13.2. The Morgan fingerprint density at radius 2 is 1.67 bits per heavy atom. The van der Waals surface area contributed by atoms with Gasteiger partial charge in [-0.1, -0.05) is 85.5 Å². The van der Waals surface area contributed by atoms with E-state index in [-0.39, 0.29) is 40.3 Å². The molecule has 248 valence electrons. The van der Waals surface area contributed by atoms with Crippen molar-refractivity contribution in [2.24, 2.45) is 11.1 Å². The number of halogens is 3. The molecule has 3 aromatic carbocycles. The summed E-state index contributed by atoms with van der Waals surface area (Å²) in [5.74, 6) is 0.529. The minimum absolute atomic E-state index is 0.0661. The lowest BCUT2D eigenvalue weighted by atomic mass is 9.70. The molecule has 0 aliphatic heterocycles. The topological polar surface area (TPSA) is 89.6 Å². The maximum atomic E-state index is 14.0. The first-order valence-corrected chi connectivity index (χ1v) is 18.4. The second kappa shape index (κ2) is 14.4. The Hall–Kier alpha value is -2.33. The van der Waals surface area contributed by atoms with Crippen molar-refractivity contribution < 1.29 is 22.7 Å². The third-order valence-electron chi connectivity index (χ3n) is 8.57. The predicted octanol–water partition coefficient (Wildman–Crippen LogP) is 9.55. The van der Waals surface area contributed by atoms with Crippen LogP contribution in [0.5, 0.6) is 5.75 Å². The molecule has 0 saturated carbocycles. The van der Waals surface area contributed by atoms with Crippen LogP contribution in [0.1, 0.15) is 77.0 Å². The average molecular weight is 707 g/mol. The number of hydrogen-bond donors (Lipinski definition) is 2. The normalized spacial score (nSPS) is 18.2. The summed E-state index contributed by atoms with van der Waals surface area (Å²) in [4.78, 5) is 1.08. The zero-order valence-electron chi connectivity index (χ0n) is 27.0. The fourth-order valence-corrected chi connectivity index (χ4v) is 7.83. The van der Waals surface area contributed by atoms with E-state index in [4.69, 9.17) is 33.1 Å². The Kier molecular flexibility index (Phi) is 11.4. The highest BCUT2D eigenvalue weighted by molar-refractivity contribution is 8.02. The van der Waals surface area contributed by atoms with E-state index >= 15 is 0 Å². The van der Waals surface area contributed by atoms with Crippen molar-refractivity contribution in [1.82, 2.24) is 0 Å². The Labute approximate surface area is 287 Å². The standard InChI is InChI=1S/C36H42Cl2FNO4S2/c1-22-15-28(36(5,6)27-10-13-30(37)31(38)19-27)17-26(25-8-11-29(39)12-9-25)18-33(23(22)2)45-20-24-7-14-32(44-21-35(3,4)41)34(16-24)46(40,42)43/h7-16,19,22,26,41H,17-18,20-21H2,1-6H3,(H2,40,42,43). The summed E-state index contributed by atoms with van der Waals surface area (Å²) in [6.07, 6.45) is 3.82. The van der Waals surface area contributed by atoms with Gasteiger partial charge in [-0.3, -0.25) is 0 Å². The van der Waals surface area contributed by atoms with Gasteiger partial charge in [0.1, 0.15) is 23.1 Å². The summed E-state index contributed by atoms with van der Waals surface area (Å²) in [5, 5.41) is 16.6. The van der Waals surface area contributed by atoms with Crippen LogP contribution in [-0.4, -0.2) is 25.7 Å². The average Bonchev–Trinajstić information content (AvgIpc) is 2.97. The van der Waals surface area contributed by atoms with Gasteiger partial charge in [-0.05, 0) is 103 Å². The Morgan fingerprint density at radius 1 is 1.00 bits per heavy atom. The maximum Gasteiger partial charge on any atom is 0.241 e. The van der Waals surface area contributed by atoms with Crippen molar-refractivity contribution in [2.45, 2.75) is 82.0 Å². The lowest BCUT2D eigenvalue weighted by Crippen LogP contribution is -2.28. The van der Waals surface area contributed by atoms with E-state index in [1.165, 1.54) is 28.2 Å². The van der Waals surface area contributed by atoms with Crippen LogP contribution in [0, 0.1) is 11.7 Å². The summed E-state index contributed by atoms with van der Waals surface area (Å²) >= 11 is 14.3. The van der Waals surface area contributed by atoms with E-state index in [1.807, 2.05) is 36.4 Å². The number of allylic oxidation sites excluding steroid dienone is 4. The SMILES string of the molecule is CC1=C(SCc2ccc(OCC(C)(C)O)c(S(N)(=O)=O)c2)CC(c2ccc(F)cc2)CC(C(C)(C)c2ccc(Cl)c(Cl)c2)=CC1C. The van der Waals surface area contributed by atoms with E-state index in [2.05, 4.69) is 33.8 Å². The first kappa shape index (κ1) is 36.5. The van der Waals surface area contributed by atoms with Gasteiger partial charge < -0.3 is 9.84 Å². The van der Waals surface area contributed by atoms with Gasteiger partial charge in [0, 0.05) is 11.2 Å². The molecule has 0 radical (unpaired) electrons. The number of thioether (sulfide) groups is 1. The van der Waals surface area contributed by atoms with Gasteiger partial charge in [0.2, 0.25) is 10.0 Å². The highest BCUT2D eigenvalue weighted by Crippen LogP contribution is 2.46. The van der Waals surface area contributed by atoms with Gasteiger partial charge in [0.05, 0.1) is 15.6 Å². The molecule has 1 aliphatic carbocycles. The van der Waals surface area contributed by atoms with Crippen LogP contribution >= 0.6 is 35.0 Å². The molecule has 0 heterocycles. The van der Waals surface area contributed by atoms with Crippen LogP contribution in [0.3, 0.4) is 0 Å². The molecular formula is C36H42Cl2FNO4S2. The van der Waals surface area contributed by atoms with Crippen LogP contribution in [0.15, 0.2) is 87.7 Å². The predicted molar refractivity (Wildman–Crippen MR) is 189 cm³/mol. The first-order chi connectivity index (χ1) is 21.3. The van der Waals surface area contributed by atoms with E-state index in [1.54, 1.807) is 37.7 Å². The highest BCUT2D eigenvalue weighted by atomic mass is 35.5. The molecule has 2 unspecified atom stereocenters. The summed E-state index contributed by atoms with van der Waals surface area (Å²) in [6, 6.07) is 17.5. The highest BCUT2D eigenvalue weighted by Gasteiger charge is 2.32. The van der Waals surface area contributed by atoms with E-state index in [0.717, 1.165) is 29.5 Å². The molecule has 0 saturated heterocycles. The second-order valence-corrected chi connectivity index (χ2v) is 16.6. The maximum absolute atomic E-state index is 14.0. The van der Waals surface area contributed by atoms with Crippen LogP contribution in [0.4, 0.5) is 4.39 Å². The number of sulfonamides is 1. The molecule has 0 fully saturated rings. The van der Waals surface area contributed by atoms with Gasteiger partial charge in [-0.15, -0.1) is 11.8 Å². The van der Waals surface area contributed by atoms with Gasteiger partial charge in [-0.2, -0.15) is 0 Å². The quantitative estimate of drug-likeness (QED) is 0.205. The molecule has 4 rings (SSSR count). The lowest BCUT2D eigenvalue weighted by Gasteiger charge is -2.35. The van der Waals surface area contributed by atoms with Crippen LogP contribution in [0.25, 0.3) is 0 Å². The number of ether oxygens (including phenoxy) is 1. The molecule has 2 atom stereocenters. The molecule has 0 spiro atoms. The summed E-state index contributed by atoms with van der Waals surface area (Å²) in [6.45, 7) is 11.8. The Balaban J connectivity index is 1.70. The zero-order chi connectivity index (χ0) is 34.0. The van der Waals surface area contributed by atoms with Gasteiger partial charge >= 0.3 is 0 Å². The monoisotopic (exact) mass is 705 g/mol. The van der Waals surface area contributed by atoms with E-state index in [9.17, 15) is 17.9 Å². The fraction of sp³-hybridized carbons (Fsp3) is 0.389. The van der Waals surface area contributed by atoms with Crippen molar-refractivity contribution >= 4 is 45.0 Å². The fourth-order valence-electron chi connectivity index (χ4n) is 5.56. The van der Waals surface area contributed by atoms with Crippen molar-refractivity contribution in [3.63, 3.8) is 0 Å². The number of rotatable bonds is 10. The number of hydrogen-bond acceptors (Lipinski definition) is 5. The van der Waals surface area contributed by atoms with Crippen LogP contribution in [-0.2, 0) is 21.2 Å². The van der Waals surface area contributed by atoms with Gasteiger partial charge in [0.15, 0.2) is 0 Å². The van der Waals surface area contributed by atoms with Crippen LogP contribution in [0.2, 0.25) is 10.0 Å². The lowest BCUT2D eigenvalue weighted by molar-refractivity contribution is 0.0274. The van der Waals surface area contributed by atoms with E-state index in [0.29, 0.717) is 15.8 Å². The number of aliphatic hydroxyl groups is 1. The summed E-state index contributed by atoms with van der Waals surface area (Å²) in [7, 11) is -4.08. The number of benzene rings is 3. The minimum atomic E-state index is -4.08. The van der Waals surface area contributed by atoms with Gasteiger partial charge in [0.25, 0.3) is 0 Å². The molecule has 10 heteroatoms. The zero-order valence-corrected chi connectivity index (χ0v) is 30.2. The third kappa shape index (κ3) is 9.18. The number of nitrogens with two attached hydrogens (primary N) is 1. The molecule has 3 N–H and O–H groups in total. The third-order valence-corrected chi connectivity index (χ3v) is 11.6. The summed E-state index contributed by atoms with van der Waals surface area (Å²) in [5.41, 5.74) is 3.88. The minimum Gasteiger partial charge on any atom is -0.489 e. The molecule has 5 nitrogen and oxygen atoms in total. The Bertz CT molecular complexity index is 1750. The van der Waals surface area contributed by atoms with Crippen molar-refractivity contribution in [2.75, 3.05) is 6.61 Å². The van der Waals surface area contributed by atoms with E-state index < -0.39 is 15.6 Å². The largest absolute Gasteiger partial charge is 0.489 e. The van der Waals surface area contributed by atoms with Gasteiger partial charge in [-0.25, -0.2) is 17.9 Å². The molecule has 0 bridgehead atoms. The smallest absolute Gasteiger partial charge is 0.241 e. The van der Waals surface area contributed by atoms with Crippen molar-refractivity contribution in [1.29, 1.82) is 0 Å². The molecule has 1 aliphatic rings. The van der Waals surface area contributed by atoms with Crippen molar-refractivity contribution in [3.05, 3.63) is 115 Å². The van der Waals surface area contributed by atoms with Crippen molar-refractivity contribution in [3.8, 4) is 5.75 Å². The number of primary sulfonamides is 1. The Morgan fingerprint density at radius 3 is 2.28 bits per heavy atom. The molecule has 0 aromatic heterocycles. The summed E-state index contributed by atoms with van der Waals surface area (Å²) < 4.78 is 44.5. The van der Waals surface area contributed by atoms with Crippen LogP contribution < -0.4 is 9.88 Å². The molecule has 46 heavy (non-hydrogen) atoms.